The van der Waals surface area contributed by atoms with Crippen molar-refractivity contribution < 1.29 is 0 Å². The molecule has 1 N–H and O–H groups in total. The van der Waals surface area contributed by atoms with Crippen molar-refractivity contribution in [2.75, 3.05) is 5.43 Å². The Morgan fingerprint density at radius 2 is 1.95 bits per heavy atom. The lowest BCUT2D eigenvalue weighted by Gasteiger charge is -2.06. The van der Waals surface area contributed by atoms with Crippen molar-refractivity contribution in [1.82, 2.24) is 9.97 Å². The maximum atomic E-state index is 4.43. The van der Waals surface area contributed by atoms with Crippen LogP contribution >= 0.6 is 11.8 Å². The first kappa shape index (κ1) is 14.5. The minimum absolute atomic E-state index is 0.456. The van der Waals surface area contributed by atoms with E-state index in [1.165, 1.54) is 0 Å². The summed E-state index contributed by atoms with van der Waals surface area (Å²) < 4.78 is 0. The molecule has 0 saturated heterocycles. The third-order valence-electron chi connectivity index (χ3n) is 2.37. The van der Waals surface area contributed by atoms with Gasteiger partial charge in [0.1, 0.15) is 0 Å². The zero-order chi connectivity index (χ0) is 14.4. The molecule has 1 aromatic heterocycles. The lowest BCUT2D eigenvalue weighted by molar-refractivity contribution is 0.922. The van der Waals surface area contributed by atoms with E-state index in [0.717, 1.165) is 16.4 Å². The van der Waals surface area contributed by atoms with Crippen LogP contribution in [0.1, 0.15) is 25.1 Å². The number of nitrogens with one attached hydrogen (secondary N) is 1. The molecule has 0 radical (unpaired) electrons. The molecule has 0 aliphatic carbocycles. The molecule has 0 saturated carbocycles. The predicted molar refractivity (Wildman–Crippen MR) is 85.4 cm³/mol. The van der Waals surface area contributed by atoms with Gasteiger partial charge in [-0.15, -0.1) is 0 Å². The van der Waals surface area contributed by atoms with Crippen LogP contribution in [0.3, 0.4) is 0 Å². The van der Waals surface area contributed by atoms with Gasteiger partial charge in [0.2, 0.25) is 0 Å². The molecule has 0 atom stereocenters. The molecule has 4 nitrogen and oxygen atoms in total. The number of aromatic nitrogens is 2. The van der Waals surface area contributed by atoms with Crippen LogP contribution in [-0.2, 0) is 0 Å². The summed E-state index contributed by atoms with van der Waals surface area (Å²) in [5.74, 6) is 0.716. The van der Waals surface area contributed by atoms with E-state index in [2.05, 4.69) is 34.3 Å². The van der Waals surface area contributed by atoms with Gasteiger partial charge in [0.25, 0.3) is 0 Å². The molecule has 0 amide bonds. The van der Waals surface area contributed by atoms with E-state index in [-0.39, 0.29) is 0 Å². The standard InChI is InChI=1S/C15H18N4S/c1-11(2)20-15-17-12(3)9-14(18-15)19-16-10-13-7-5-4-6-8-13/h4-11H,1-3H3,(H,17,18,19). The third kappa shape index (κ3) is 4.66. The maximum absolute atomic E-state index is 4.43. The van der Waals surface area contributed by atoms with Crippen molar-refractivity contribution in [3.63, 3.8) is 0 Å². The second-order valence-corrected chi connectivity index (χ2v) is 6.17. The van der Waals surface area contributed by atoms with E-state index >= 15 is 0 Å². The van der Waals surface area contributed by atoms with Crippen molar-refractivity contribution in [2.45, 2.75) is 31.2 Å². The van der Waals surface area contributed by atoms with Gasteiger partial charge in [0.15, 0.2) is 11.0 Å². The van der Waals surface area contributed by atoms with E-state index in [9.17, 15) is 0 Å². The first-order chi connectivity index (χ1) is 9.63. The normalized spacial score (nSPS) is 11.2. The van der Waals surface area contributed by atoms with Gasteiger partial charge in [-0.2, -0.15) is 5.10 Å². The number of nitrogens with zero attached hydrogens (tertiary/aromatic N) is 3. The number of rotatable bonds is 5. The molecule has 0 aliphatic heterocycles. The highest BCUT2D eigenvalue weighted by molar-refractivity contribution is 7.99. The Morgan fingerprint density at radius 3 is 2.65 bits per heavy atom. The van der Waals surface area contributed by atoms with Crippen LogP contribution in [-0.4, -0.2) is 21.4 Å². The van der Waals surface area contributed by atoms with Crippen LogP contribution in [0.5, 0.6) is 0 Å². The Hall–Kier alpha value is -1.88. The zero-order valence-electron chi connectivity index (χ0n) is 11.9. The van der Waals surface area contributed by atoms with Gasteiger partial charge < -0.3 is 0 Å². The summed E-state index contributed by atoms with van der Waals surface area (Å²) in [6, 6.07) is 11.8. The molecular formula is C15H18N4S. The Morgan fingerprint density at radius 1 is 1.20 bits per heavy atom. The number of hydrazone groups is 1. The molecule has 0 aliphatic rings. The molecule has 1 heterocycles. The number of benzene rings is 1. The second kappa shape index (κ2) is 7.05. The summed E-state index contributed by atoms with van der Waals surface area (Å²) in [6.45, 7) is 6.20. The summed E-state index contributed by atoms with van der Waals surface area (Å²) in [5, 5.41) is 5.43. The van der Waals surface area contributed by atoms with Crippen molar-refractivity contribution in [3.05, 3.63) is 47.7 Å². The number of aryl methyl sites for hydroxylation is 1. The summed E-state index contributed by atoms with van der Waals surface area (Å²) in [5.41, 5.74) is 4.93. The van der Waals surface area contributed by atoms with Gasteiger partial charge in [0, 0.05) is 17.0 Å². The fourth-order valence-corrected chi connectivity index (χ4v) is 2.34. The average Bonchev–Trinajstić information content (AvgIpc) is 2.38. The Bertz CT molecular complexity index is 582. The van der Waals surface area contributed by atoms with Crippen molar-refractivity contribution in [3.8, 4) is 0 Å². The van der Waals surface area contributed by atoms with Crippen LogP contribution in [0.25, 0.3) is 0 Å². The molecule has 2 aromatic rings. The first-order valence-electron chi connectivity index (χ1n) is 6.50. The Balaban J connectivity index is 2.05. The van der Waals surface area contributed by atoms with Crippen molar-refractivity contribution in [2.24, 2.45) is 5.10 Å². The Kier molecular flexibility index (Phi) is 5.12. The zero-order valence-corrected chi connectivity index (χ0v) is 12.7. The van der Waals surface area contributed by atoms with Crippen LogP contribution in [0.2, 0.25) is 0 Å². The smallest absolute Gasteiger partial charge is 0.190 e. The predicted octanol–water partition coefficient (Wildman–Crippen LogP) is 3.73. The molecular weight excluding hydrogens is 268 g/mol. The van der Waals surface area contributed by atoms with Gasteiger partial charge >= 0.3 is 0 Å². The highest BCUT2D eigenvalue weighted by Crippen LogP contribution is 2.20. The van der Waals surface area contributed by atoms with Gasteiger partial charge in [-0.25, -0.2) is 9.97 Å². The molecule has 0 fully saturated rings. The molecule has 20 heavy (non-hydrogen) atoms. The quantitative estimate of drug-likeness (QED) is 0.394. The summed E-state index contributed by atoms with van der Waals surface area (Å²) in [4.78, 5) is 8.83. The number of thioether (sulfide) groups is 1. The Labute approximate surface area is 123 Å². The van der Waals surface area contributed by atoms with E-state index in [1.54, 1.807) is 18.0 Å². The fraction of sp³-hybridized carbons (Fsp3) is 0.267. The van der Waals surface area contributed by atoms with Crippen molar-refractivity contribution in [1.29, 1.82) is 0 Å². The highest BCUT2D eigenvalue weighted by Gasteiger charge is 2.04. The SMILES string of the molecule is Cc1cc(NN=Cc2ccccc2)nc(SC(C)C)n1. The summed E-state index contributed by atoms with van der Waals surface area (Å²) >= 11 is 1.64. The van der Waals surface area contributed by atoms with E-state index in [1.807, 2.05) is 43.3 Å². The fourth-order valence-electron chi connectivity index (χ4n) is 1.57. The first-order valence-corrected chi connectivity index (χ1v) is 7.38. The van der Waals surface area contributed by atoms with Gasteiger partial charge in [-0.05, 0) is 12.5 Å². The monoisotopic (exact) mass is 286 g/mol. The van der Waals surface area contributed by atoms with Crippen LogP contribution in [0, 0.1) is 6.92 Å². The highest BCUT2D eigenvalue weighted by atomic mass is 32.2. The lowest BCUT2D eigenvalue weighted by atomic mass is 10.2. The minimum atomic E-state index is 0.456. The van der Waals surface area contributed by atoms with Gasteiger partial charge in [0.05, 0.1) is 6.21 Å². The number of hydrogen-bond acceptors (Lipinski definition) is 5. The molecule has 5 heteroatoms. The molecule has 0 spiro atoms. The topological polar surface area (TPSA) is 50.2 Å². The molecule has 1 aromatic carbocycles. The molecule has 2 rings (SSSR count). The van der Waals surface area contributed by atoms with E-state index in [4.69, 9.17) is 0 Å². The maximum Gasteiger partial charge on any atom is 0.190 e. The molecule has 0 unspecified atom stereocenters. The summed E-state index contributed by atoms with van der Waals surface area (Å²) in [6.07, 6.45) is 1.77. The van der Waals surface area contributed by atoms with Gasteiger partial charge in [-0.1, -0.05) is 55.9 Å². The van der Waals surface area contributed by atoms with Crippen LogP contribution in [0.4, 0.5) is 5.82 Å². The van der Waals surface area contributed by atoms with Gasteiger partial charge in [-0.3, -0.25) is 5.43 Å². The minimum Gasteiger partial charge on any atom is -0.261 e. The second-order valence-electron chi connectivity index (χ2n) is 4.62. The van der Waals surface area contributed by atoms with Crippen LogP contribution in [0.15, 0.2) is 46.7 Å². The third-order valence-corrected chi connectivity index (χ3v) is 3.23. The summed E-state index contributed by atoms with van der Waals surface area (Å²) in [7, 11) is 0. The molecule has 104 valence electrons. The van der Waals surface area contributed by atoms with Crippen LogP contribution < -0.4 is 5.43 Å². The average molecular weight is 286 g/mol. The number of hydrogen-bond donors (Lipinski definition) is 1. The van der Waals surface area contributed by atoms with E-state index in [0.29, 0.717) is 11.1 Å². The largest absolute Gasteiger partial charge is 0.261 e. The number of anilines is 1. The van der Waals surface area contributed by atoms with E-state index < -0.39 is 0 Å². The molecule has 0 bridgehead atoms. The lowest BCUT2D eigenvalue weighted by Crippen LogP contribution is -2.00. The van der Waals surface area contributed by atoms with Crippen molar-refractivity contribution >= 4 is 23.8 Å².